The molecule has 0 radical (unpaired) electrons. The minimum absolute atomic E-state index is 0.255. The van der Waals surface area contributed by atoms with Crippen molar-refractivity contribution in [1.82, 2.24) is 9.80 Å². The molecule has 2 saturated carbocycles. The number of hydrogen-bond acceptors (Lipinski definition) is 1. The fraction of sp³-hybridized carbons (Fsp3) is 0.875. The SMILES string of the molecule is CN1CCN(C23CC2C3)C1=O. The van der Waals surface area contributed by atoms with Crippen molar-refractivity contribution in [3.8, 4) is 0 Å². The highest BCUT2D eigenvalue weighted by atomic mass is 16.2. The van der Waals surface area contributed by atoms with Gasteiger partial charge < -0.3 is 9.80 Å². The molecule has 2 amide bonds. The third-order valence-electron chi connectivity index (χ3n) is 3.39. The first-order valence-corrected chi connectivity index (χ1v) is 4.27. The first-order chi connectivity index (χ1) is 5.24. The molecular weight excluding hydrogens is 140 g/mol. The molecule has 3 fully saturated rings. The summed E-state index contributed by atoms with van der Waals surface area (Å²) in [6.07, 6.45) is 2.57. The highest BCUT2D eigenvalue weighted by Gasteiger charge is 2.74. The molecule has 0 bridgehead atoms. The predicted molar refractivity (Wildman–Crippen MR) is 40.2 cm³/mol. The van der Waals surface area contributed by atoms with Gasteiger partial charge in [0.2, 0.25) is 0 Å². The Morgan fingerprint density at radius 2 is 2.09 bits per heavy atom. The zero-order valence-electron chi connectivity index (χ0n) is 6.71. The average molecular weight is 152 g/mol. The first kappa shape index (κ1) is 5.86. The summed E-state index contributed by atoms with van der Waals surface area (Å²) < 4.78 is 0. The second kappa shape index (κ2) is 1.40. The Balaban J connectivity index is 1.84. The van der Waals surface area contributed by atoms with E-state index in [0.29, 0.717) is 5.54 Å². The maximum Gasteiger partial charge on any atom is 0.320 e. The molecule has 60 valence electrons. The van der Waals surface area contributed by atoms with Crippen molar-refractivity contribution in [1.29, 1.82) is 0 Å². The number of urea groups is 1. The van der Waals surface area contributed by atoms with Gasteiger partial charge in [-0.05, 0) is 18.8 Å². The Labute approximate surface area is 66.0 Å². The van der Waals surface area contributed by atoms with E-state index in [4.69, 9.17) is 0 Å². The van der Waals surface area contributed by atoms with Gasteiger partial charge >= 0.3 is 6.03 Å². The fourth-order valence-electron chi connectivity index (χ4n) is 2.18. The number of fused-ring (bicyclic) bond motifs is 1. The lowest BCUT2D eigenvalue weighted by atomic mass is 10.3. The van der Waals surface area contributed by atoms with Gasteiger partial charge in [-0.3, -0.25) is 0 Å². The third-order valence-corrected chi connectivity index (χ3v) is 3.39. The molecule has 0 unspecified atom stereocenters. The van der Waals surface area contributed by atoms with Crippen molar-refractivity contribution in [2.75, 3.05) is 20.1 Å². The molecule has 1 aliphatic heterocycles. The third kappa shape index (κ3) is 0.535. The maximum atomic E-state index is 11.5. The molecule has 0 aromatic rings. The molecular formula is C8H12N2O. The van der Waals surface area contributed by atoms with Gasteiger partial charge in [0.25, 0.3) is 0 Å². The van der Waals surface area contributed by atoms with Crippen molar-refractivity contribution in [2.45, 2.75) is 18.4 Å². The number of carbonyl (C=O) groups is 1. The van der Waals surface area contributed by atoms with E-state index in [9.17, 15) is 4.79 Å². The van der Waals surface area contributed by atoms with E-state index in [2.05, 4.69) is 4.90 Å². The highest BCUT2D eigenvalue weighted by Crippen LogP contribution is 2.70. The zero-order valence-corrected chi connectivity index (χ0v) is 6.71. The summed E-state index contributed by atoms with van der Waals surface area (Å²) in [5, 5.41) is 0. The molecule has 3 heteroatoms. The number of carbonyl (C=O) groups excluding carboxylic acids is 1. The van der Waals surface area contributed by atoms with Gasteiger partial charge in [0.05, 0.1) is 0 Å². The molecule has 3 nitrogen and oxygen atoms in total. The lowest BCUT2D eigenvalue weighted by molar-refractivity contribution is 0.188. The average Bonchev–Trinajstić information content (AvgIpc) is 2.72. The minimum Gasteiger partial charge on any atom is -0.326 e. The predicted octanol–water partition coefficient (Wildman–Crippen LogP) is 0.516. The summed E-state index contributed by atoms with van der Waals surface area (Å²) in [4.78, 5) is 15.4. The van der Waals surface area contributed by atoms with Crippen molar-refractivity contribution in [3.05, 3.63) is 0 Å². The van der Waals surface area contributed by atoms with E-state index in [0.717, 1.165) is 19.0 Å². The molecule has 11 heavy (non-hydrogen) atoms. The van der Waals surface area contributed by atoms with Gasteiger partial charge in [-0.15, -0.1) is 0 Å². The lowest BCUT2D eigenvalue weighted by Crippen LogP contribution is -2.35. The fourth-order valence-corrected chi connectivity index (χ4v) is 2.18. The van der Waals surface area contributed by atoms with Gasteiger partial charge in [0.1, 0.15) is 0 Å². The highest BCUT2D eigenvalue weighted by molar-refractivity contribution is 5.78. The summed E-state index contributed by atoms with van der Waals surface area (Å²) >= 11 is 0. The molecule has 1 heterocycles. The van der Waals surface area contributed by atoms with Crippen LogP contribution in [-0.2, 0) is 0 Å². The summed E-state index contributed by atoms with van der Waals surface area (Å²) in [6, 6.07) is 0.255. The normalized spacial score (nSPS) is 46.3. The van der Waals surface area contributed by atoms with Crippen LogP contribution in [0.4, 0.5) is 4.79 Å². The van der Waals surface area contributed by atoms with Crippen molar-refractivity contribution < 1.29 is 4.79 Å². The van der Waals surface area contributed by atoms with Crippen molar-refractivity contribution >= 4 is 6.03 Å². The van der Waals surface area contributed by atoms with Gasteiger partial charge in [0, 0.05) is 25.7 Å². The van der Waals surface area contributed by atoms with Crippen LogP contribution >= 0.6 is 0 Å². The molecule has 0 N–H and O–H groups in total. The number of likely N-dealkylation sites (N-methyl/N-ethyl adjacent to an activating group) is 1. The summed E-state index contributed by atoms with van der Waals surface area (Å²) in [7, 11) is 1.89. The number of hydrogen-bond donors (Lipinski definition) is 0. The molecule has 0 atom stereocenters. The van der Waals surface area contributed by atoms with Gasteiger partial charge in [-0.2, -0.15) is 0 Å². The van der Waals surface area contributed by atoms with E-state index in [1.165, 1.54) is 12.8 Å². The summed E-state index contributed by atoms with van der Waals surface area (Å²) in [6.45, 7) is 1.89. The Kier molecular flexibility index (Phi) is 0.747. The molecule has 0 spiro atoms. The molecule has 2 aliphatic carbocycles. The van der Waals surface area contributed by atoms with Crippen LogP contribution in [0.25, 0.3) is 0 Å². The standard InChI is InChI=1S/C8H12N2O/c1-9-2-3-10(7(9)11)8-4-6(8)5-8/h6H,2-5H2,1H3. The van der Waals surface area contributed by atoms with E-state index in [1.807, 2.05) is 11.9 Å². The van der Waals surface area contributed by atoms with Crippen molar-refractivity contribution in [2.24, 2.45) is 5.92 Å². The Hall–Kier alpha value is -0.730. The lowest BCUT2D eigenvalue weighted by Gasteiger charge is -2.18. The van der Waals surface area contributed by atoms with Crippen LogP contribution in [0.15, 0.2) is 0 Å². The molecule has 3 rings (SSSR count). The number of nitrogens with zero attached hydrogens (tertiary/aromatic N) is 2. The zero-order chi connectivity index (χ0) is 7.64. The van der Waals surface area contributed by atoms with Gasteiger partial charge in [-0.25, -0.2) is 4.79 Å². The van der Waals surface area contributed by atoms with Crippen LogP contribution in [0, 0.1) is 5.92 Å². The number of amides is 2. The van der Waals surface area contributed by atoms with Crippen LogP contribution in [0.5, 0.6) is 0 Å². The monoisotopic (exact) mass is 152 g/mol. The van der Waals surface area contributed by atoms with E-state index in [1.54, 1.807) is 0 Å². The van der Waals surface area contributed by atoms with E-state index in [-0.39, 0.29) is 6.03 Å². The maximum absolute atomic E-state index is 11.5. The summed E-state index contributed by atoms with van der Waals surface area (Å²) in [5.74, 6) is 0.887. The van der Waals surface area contributed by atoms with Gasteiger partial charge in [-0.1, -0.05) is 0 Å². The van der Waals surface area contributed by atoms with Crippen LogP contribution in [0.1, 0.15) is 12.8 Å². The topological polar surface area (TPSA) is 23.6 Å². The number of rotatable bonds is 1. The molecule has 0 aromatic carbocycles. The van der Waals surface area contributed by atoms with Crippen LogP contribution in [0.3, 0.4) is 0 Å². The van der Waals surface area contributed by atoms with E-state index < -0.39 is 0 Å². The second-order valence-electron chi connectivity index (χ2n) is 4.06. The second-order valence-corrected chi connectivity index (χ2v) is 4.06. The van der Waals surface area contributed by atoms with Crippen LogP contribution in [-0.4, -0.2) is 41.5 Å². The summed E-state index contributed by atoms with van der Waals surface area (Å²) in [5.41, 5.74) is 0.391. The van der Waals surface area contributed by atoms with Crippen molar-refractivity contribution in [3.63, 3.8) is 0 Å². The Morgan fingerprint density at radius 1 is 1.45 bits per heavy atom. The Morgan fingerprint density at radius 3 is 2.45 bits per heavy atom. The Bertz CT molecular complexity index is 232. The van der Waals surface area contributed by atoms with E-state index >= 15 is 0 Å². The first-order valence-electron chi connectivity index (χ1n) is 4.27. The minimum atomic E-state index is 0.255. The van der Waals surface area contributed by atoms with Gasteiger partial charge in [0.15, 0.2) is 0 Å². The van der Waals surface area contributed by atoms with Crippen LogP contribution in [0.2, 0.25) is 0 Å². The molecule has 3 aliphatic rings. The molecule has 1 saturated heterocycles. The van der Waals surface area contributed by atoms with Crippen LogP contribution < -0.4 is 0 Å². The quantitative estimate of drug-likeness (QED) is 0.537. The molecule has 0 aromatic heterocycles. The smallest absolute Gasteiger partial charge is 0.320 e. The largest absolute Gasteiger partial charge is 0.326 e.